The van der Waals surface area contributed by atoms with E-state index < -0.39 is 0 Å². The fraction of sp³-hybridized carbons (Fsp3) is 0.353. The number of carbonyl (C=O) groups is 2. The molecule has 0 spiro atoms. The second kappa shape index (κ2) is 6.91. The van der Waals surface area contributed by atoms with Crippen molar-refractivity contribution in [2.75, 3.05) is 13.1 Å². The Morgan fingerprint density at radius 3 is 2.17 bits per heavy atom. The molecule has 1 saturated heterocycles. The van der Waals surface area contributed by atoms with Gasteiger partial charge in [0.25, 0.3) is 11.8 Å². The van der Waals surface area contributed by atoms with Gasteiger partial charge in [0.15, 0.2) is 5.11 Å². The molecular weight excluding hydrogens is 312 g/mol. The summed E-state index contributed by atoms with van der Waals surface area (Å²) in [6.45, 7) is 8.17. The fourth-order valence-corrected chi connectivity index (χ4v) is 2.96. The number of carbonyl (C=O) groups excluding carboxylic acids is 2. The first-order valence-electron chi connectivity index (χ1n) is 7.57. The number of rotatable bonds is 3. The summed E-state index contributed by atoms with van der Waals surface area (Å²) in [4.78, 5) is 28.3. The van der Waals surface area contributed by atoms with E-state index in [4.69, 9.17) is 17.0 Å². The van der Waals surface area contributed by atoms with Gasteiger partial charge >= 0.3 is 0 Å². The molecule has 0 aromatic rings. The highest BCUT2D eigenvalue weighted by Gasteiger charge is 2.39. The average molecular weight is 332 g/mol. The molecule has 0 radical (unpaired) electrons. The molecule has 0 aliphatic carbocycles. The smallest absolute Gasteiger partial charge is 0.266 e. The maximum atomic E-state index is 12.7. The largest absolute Gasteiger partial charge is 0.462 e. The molecule has 2 aliphatic heterocycles. The predicted octanol–water partition coefficient (Wildman–Crippen LogP) is 2.67. The van der Waals surface area contributed by atoms with Gasteiger partial charge in [-0.05, 0) is 63.7 Å². The van der Waals surface area contributed by atoms with E-state index in [9.17, 15) is 9.59 Å². The maximum Gasteiger partial charge on any atom is 0.266 e. The number of likely N-dealkylation sites (N-methyl/N-ethyl adjacent to an activating group) is 2. The van der Waals surface area contributed by atoms with Crippen LogP contribution in [0.5, 0.6) is 0 Å². The van der Waals surface area contributed by atoms with Crippen LogP contribution in [0.4, 0.5) is 0 Å². The molecule has 1 fully saturated rings. The van der Waals surface area contributed by atoms with Crippen molar-refractivity contribution in [3.8, 4) is 0 Å². The lowest BCUT2D eigenvalue weighted by atomic mass is 10.0. The third kappa shape index (κ3) is 3.12. The second-order valence-electron chi connectivity index (χ2n) is 5.12. The summed E-state index contributed by atoms with van der Waals surface area (Å²) in [7, 11) is 0. The quantitative estimate of drug-likeness (QED) is 0.453. The van der Waals surface area contributed by atoms with Gasteiger partial charge in [-0.25, -0.2) is 0 Å². The zero-order valence-electron chi connectivity index (χ0n) is 13.8. The van der Waals surface area contributed by atoms with Crippen LogP contribution in [0.25, 0.3) is 0 Å². The Hall–Kier alpha value is -2.21. The van der Waals surface area contributed by atoms with Crippen molar-refractivity contribution in [2.24, 2.45) is 0 Å². The van der Waals surface area contributed by atoms with Gasteiger partial charge in [0.05, 0.1) is 0 Å². The Morgan fingerprint density at radius 1 is 1.13 bits per heavy atom. The lowest BCUT2D eigenvalue weighted by Gasteiger charge is -2.36. The van der Waals surface area contributed by atoms with Crippen LogP contribution in [0.1, 0.15) is 27.7 Å². The highest BCUT2D eigenvalue weighted by atomic mass is 32.1. The van der Waals surface area contributed by atoms with Crippen LogP contribution in [0, 0.1) is 0 Å². The predicted molar refractivity (Wildman–Crippen MR) is 92.1 cm³/mol. The molecule has 2 aliphatic rings. The van der Waals surface area contributed by atoms with Crippen LogP contribution in [0.2, 0.25) is 0 Å². The van der Waals surface area contributed by atoms with Gasteiger partial charge in [-0.3, -0.25) is 19.4 Å². The SMILES string of the molecule is C/C=C/C1=CC(=C2C(=O)N(CC)C(=S)N(CC)C2=O)C=C(C)O1. The Kier molecular flexibility index (Phi) is 5.15. The molecule has 5 nitrogen and oxygen atoms in total. The van der Waals surface area contributed by atoms with Crippen LogP contribution in [-0.4, -0.2) is 39.8 Å². The molecule has 0 aromatic carbocycles. The molecule has 122 valence electrons. The first kappa shape index (κ1) is 17.1. The summed E-state index contributed by atoms with van der Waals surface area (Å²) >= 11 is 5.26. The third-order valence-electron chi connectivity index (χ3n) is 3.57. The second-order valence-corrected chi connectivity index (χ2v) is 5.48. The summed E-state index contributed by atoms with van der Waals surface area (Å²) < 4.78 is 5.57. The third-order valence-corrected chi connectivity index (χ3v) is 4.01. The van der Waals surface area contributed by atoms with Gasteiger partial charge in [0.1, 0.15) is 17.1 Å². The van der Waals surface area contributed by atoms with Crippen molar-refractivity contribution in [1.29, 1.82) is 0 Å². The minimum atomic E-state index is -0.357. The van der Waals surface area contributed by atoms with Crippen LogP contribution >= 0.6 is 12.2 Å². The summed E-state index contributed by atoms with van der Waals surface area (Å²) in [6.07, 6.45) is 7.03. The molecule has 2 amide bonds. The van der Waals surface area contributed by atoms with Gasteiger partial charge in [0.2, 0.25) is 0 Å². The Bertz CT molecular complexity index is 658. The molecule has 0 saturated carbocycles. The molecule has 0 bridgehead atoms. The minimum Gasteiger partial charge on any atom is -0.462 e. The summed E-state index contributed by atoms with van der Waals surface area (Å²) in [5.74, 6) is 0.506. The number of allylic oxidation sites excluding steroid dienone is 6. The normalized spacial score (nSPS) is 19.4. The van der Waals surface area contributed by atoms with E-state index >= 15 is 0 Å². The molecular formula is C17H20N2O3S. The molecule has 23 heavy (non-hydrogen) atoms. The van der Waals surface area contributed by atoms with Crippen LogP contribution in [-0.2, 0) is 14.3 Å². The van der Waals surface area contributed by atoms with Crippen molar-refractivity contribution in [3.63, 3.8) is 0 Å². The molecule has 0 aromatic heterocycles. The van der Waals surface area contributed by atoms with E-state index in [1.165, 1.54) is 9.80 Å². The number of amides is 2. The van der Waals surface area contributed by atoms with Gasteiger partial charge in [-0.2, -0.15) is 0 Å². The number of hydrogen-bond donors (Lipinski definition) is 0. The van der Waals surface area contributed by atoms with Crippen molar-refractivity contribution in [3.05, 3.63) is 47.0 Å². The number of nitrogens with zero attached hydrogens (tertiary/aromatic N) is 2. The Morgan fingerprint density at radius 2 is 1.70 bits per heavy atom. The zero-order valence-corrected chi connectivity index (χ0v) is 14.6. The number of thiocarbonyl (C=S) groups is 1. The fourth-order valence-electron chi connectivity index (χ4n) is 2.53. The lowest BCUT2D eigenvalue weighted by Crippen LogP contribution is -2.56. The monoisotopic (exact) mass is 332 g/mol. The van der Waals surface area contributed by atoms with E-state index in [1.54, 1.807) is 25.2 Å². The molecule has 2 rings (SSSR count). The van der Waals surface area contributed by atoms with Gasteiger partial charge in [0, 0.05) is 13.1 Å². The maximum absolute atomic E-state index is 12.7. The standard InChI is InChI=1S/C17H20N2O3S/c1-5-8-13-10-12(9-11(4)22-13)14-15(20)18(6-2)17(23)19(7-3)16(14)21/h5,8-10H,6-7H2,1-4H3/b8-5+. The topological polar surface area (TPSA) is 49.9 Å². The van der Waals surface area contributed by atoms with Crippen molar-refractivity contribution >= 4 is 29.1 Å². The summed E-state index contributed by atoms with van der Waals surface area (Å²) in [5.41, 5.74) is 0.684. The Labute approximate surface area is 141 Å². The summed E-state index contributed by atoms with van der Waals surface area (Å²) in [5, 5.41) is 0.264. The van der Waals surface area contributed by atoms with Crippen molar-refractivity contribution < 1.29 is 14.3 Å². The van der Waals surface area contributed by atoms with E-state index in [0.717, 1.165) is 0 Å². The molecule has 2 heterocycles. The lowest BCUT2D eigenvalue weighted by molar-refractivity contribution is -0.133. The number of hydrogen-bond acceptors (Lipinski definition) is 4. The van der Waals surface area contributed by atoms with Crippen molar-refractivity contribution in [2.45, 2.75) is 27.7 Å². The number of ether oxygens (including phenoxy) is 1. The van der Waals surface area contributed by atoms with Gasteiger partial charge in [-0.1, -0.05) is 6.08 Å². The average Bonchev–Trinajstić information content (AvgIpc) is 2.48. The first-order chi connectivity index (χ1) is 10.9. The molecule has 6 heteroatoms. The highest BCUT2D eigenvalue weighted by molar-refractivity contribution is 7.80. The van der Waals surface area contributed by atoms with Crippen LogP contribution in [0.15, 0.2) is 47.0 Å². The van der Waals surface area contributed by atoms with E-state index in [1.807, 2.05) is 26.8 Å². The minimum absolute atomic E-state index is 0.131. The van der Waals surface area contributed by atoms with E-state index in [2.05, 4.69) is 0 Å². The highest BCUT2D eigenvalue weighted by Crippen LogP contribution is 2.27. The van der Waals surface area contributed by atoms with Gasteiger partial charge < -0.3 is 4.74 Å². The summed E-state index contributed by atoms with van der Waals surface area (Å²) in [6, 6.07) is 0. The van der Waals surface area contributed by atoms with Crippen LogP contribution in [0.3, 0.4) is 0 Å². The van der Waals surface area contributed by atoms with Crippen LogP contribution < -0.4 is 0 Å². The Balaban J connectivity index is 2.62. The van der Waals surface area contributed by atoms with E-state index in [-0.39, 0.29) is 22.5 Å². The molecule has 0 atom stereocenters. The van der Waals surface area contributed by atoms with E-state index in [0.29, 0.717) is 30.2 Å². The first-order valence-corrected chi connectivity index (χ1v) is 7.97. The van der Waals surface area contributed by atoms with Gasteiger partial charge in [-0.15, -0.1) is 0 Å². The molecule has 0 N–H and O–H groups in total. The molecule has 0 unspecified atom stereocenters. The zero-order chi connectivity index (χ0) is 17.1. The van der Waals surface area contributed by atoms with Crippen molar-refractivity contribution in [1.82, 2.24) is 9.80 Å².